The smallest absolute Gasteiger partial charge is 0.0646 e. The van der Waals surface area contributed by atoms with E-state index >= 15 is 0 Å². The normalized spacial score (nSPS) is 13.6. The quantitative estimate of drug-likeness (QED) is 0.624. The standard InChI is InChI=1S/C9H8BrN/c1-6-2-7-4-11-5-8(7)3-9(6)10/h2-4H,5H2,1H3. The van der Waals surface area contributed by atoms with Crippen LogP contribution in [0.5, 0.6) is 0 Å². The molecule has 2 heteroatoms. The number of nitrogens with zero attached hydrogens (tertiary/aromatic N) is 1. The van der Waals surface area contributed by atoms with Gasteiger partial charge in [0, 0.05) is 10.7 Å². The molecule has 1 aromatic rings. The van der Waals surface area contributed by atoms with Crippen LogP contribution in [0, 0.1) is 6.92 Å². The molecular weight excluding hydrogens is 202 g/mol. The molecule has 1 aliphatic heterocycles. The van der Waals surface area contributed by atoms with E-state index in [9.17, 15) is 0 Å². The third-order valence-corrected chi connectivity index (χ3v) is 2.77. The van der Waals surface area contributed by atoms with E-state index in [-0.39, 0.29) is 0 Å². The van der Waals surface area contributed by atoms with Gasteiger partial charge in [-0.3, -0.25) is 4.99 Å². The topological polar surface area (TPSA) is 12.4 Å². The third-order valence-electron chi connectivity index (χ3n) is 1.91. The molecule has 0 amide bonds. The summed E-state index contributed by atoms with van der Waals surface area (Å²) in [5.74, 6) is 0. The number of aliphatic imine (C=N–C) groups is 1. The minimum atomic E-state index is 0.841. The van der Waals surface area contributed by atoms with Crippen LogP contribution in [0.1, 0.15) is 16.7 Å². The highest BCUT2D eigenvalue weighted by molar-refractivity contribution is 9.10. The molecule has 0 unspecified atom stereocenters. The van der Waals surface area contributed by atoms with E-state index in [2.05, 4.69) is 40.0 Å². The fourth-order valence-corrected chi connectivity index (χ4v) is 1.64. The Labute approximate surface area is 74.3 Å². The Morgan fingerprint density at radius 3 is 3.09 bits per heavy atom. The molecule has 2 rings (SSSR count). The fraction of sp³-hybridized carbons (Fsp3) is 0.222. The average Bonchev–Trinajstić information content (AvgIpc) is 2.36. The molecule has 0 fully saturated rings. The Hall–Kier alpha value is -0.630. The summed E-state index contributed by atoms with van der Waals surface area (Å²) in [6, 6.07) is 4.31. The molecule has 0 aromatic heterocycles. The molecule has 0 saturated carbocycles. The predicted molar refractivity (Wildman–Crippen MR) is 50.2 cm³/mol. The molecule has 0 N–H and O–H groups in total. The largest absolute Gasteiger partial charge is 0.288 e. The van der Waals surface area contributed by atoms with Crippen molar-refractivity contribution in [1.29, 1.82) is 0 Å². The first kappa shape index (κ1) is 7.04. The minimum absolute atomic E-state index is 0.841. The summed E-state index contributed by atoms with van der Waals surface area (Å²) in [4.78, 5) is 4.19. The van der Waals surface area contributed by atoms with Crippen molar-refractivity contribution in [3.05, 3.63) is 33.3 Å². The number of aryl methyl sites for hydroxylation is 1. The van der Waals surface area contributed by atoms with Crippen LogP contribution in [0.25, 0.3) is 0 Å². The summed E-state index contributed by atoms with van der Waals surface area (Å²) < 4.78 is 1.18. The van der Waals surface area contributed by atoms with E-state index in [0.717, 1.165) is 6.54 Å². The third kappa shape index (κ3) is 1.11. The lowest BCUT2D eigenvalue weighted by atomic mass is 10.1. The van der Waals surface area contributed by atoms with Crippen molar-refractivity contribution in [3.63, 3.8) is 0 Å². The molecule has 0 saturated heterocycles. The molecule has 1 aromatic carbocycles. The monoisotopic (exact) mass is 209 g/mol. The van der Waals surface area contributed by atoms with Crippen molar-refractivity contribution in [2.45, 2.75) is 13.5 Å². The van der Waals surface area contributed by atoms with Gasteiger partial charge in [0.05, 0.1) is 6.54 Å². The number of hydrogen-bond acceptors (Lipinski definition) is 1. The molecule has 1 aliphatic rings. The zero-order valence-electron chi connectivity index (χ0n) is 6.26. The van der Waals surface area contributed by atoms with Gasteiger partial charge in [-0.05, 0) is 35.7 Å². The Kier molecular flexibility index (Phi) is 1.57. The Morgan fingerprint density at radius 2 is 2.27 bits per heavy atom. The van der Waals surface area contributed by atoms with Crippen LogP contribution in [0.4, 0.5) is 0 Å². The first-order chi connectivity index (χ1) is 5.27. The summed E-state index contributed by atoms with van der Waals surface area (Å²) in [5, 5.41) is 0. The second-order valence-electron chi connectivity index (χ2n) is 2.77. The number of benzene rings is 1. The Bertz CT molecular complexity index is 329. The van der Waals surface area contributed by atoms with Crippen LogP contribution >= 0.6 is 15.9 Å². The fourth-order valence-electron chi connectivity index (χ4n) is 1.24. The molecular formula is C9H8BrN. The maximum absolute atomic E-state index is 4.19. The van der Waals surface area contributed by atoms with E-state index in [1.807, 2.05) is 6.21 Å². The van der Waals surface area contributed by atoms with Crippen LogP contribution in [0.15, 0.2) is 21.6 Å². The van der Waals surface area contributed by atoms with Gasteiger partial charge in [0.15, 0.2) is 0 Å². The molecule has 1 heterocycles. The molecule has 0 spiro atoms. The highest BCUT2D eigenvalue weighted by atomic mass is 79.9. The molecule has 0 aliphatic carbocycles. The van der Waals surface area contributed by atoms with Gasteiger partial charge in [-0.25, -0.2) is 0 Å². The van der Waals surface area contributed by atoms with Crippen LogP contribution in [0.3, 0.4) is 0 Å². The highest BCUT2D eigenvalue weighted by Crippen LogP contribution is 2.23. The van der Waals surface area contributed by atoms with Gasteiger partial charge in [-0.15, -0.1) is 0 Å². The SMILES string of the molecule is Cc1cc2c(cc1Br)CN=C2. The first-order valence-corrected chi connectivity index (χ1v) is 4.35. The molecule has 1 nitrogen and oxygen atoms in total. The van der Waals surface area contributed by atoms with Crippen LogP contribution in [0.2, 0.25) is 0 Å². The van der Waals surface area contributed by atoms with Crippen molar-refractivity contribution < 1.29 is 0 Å². The van der Waals surface area contributed by atoms with Crippen molar-refractivity contribution in [1.82, 2.24) is 0 Å². The lowest BCUT2D eigenvalue weighted by molar-refractivity contribution is 1.11. The van der Waals surface area contributed by atoms with Crippen molar-refractivity contribution in [2.75, 3.05) is 0 Å². The van der Waals surface area contributed by atoms with Gasteiger partial charge in [0.25, 0.3) is 0 Å². The van der Waals surface area contributed by atoms with Gasteiger partial charge in [-0.1, -0.05) is 15.9 Å². The van der Waals surface area contributed by atoms with E-state index < -0.39 is 0 Å². The molecule has 11 heavy (non-hydrogen) atoms. The molecule has 56 valence electrons. The van der Waals surface area contributed by atoms with Crippen LogP contribution in [-0.2, 0) is 6.54 Å². The summed E-state index contributed by atoms with van der Waals surface area (Å²) >= 11 is 3.49. The lowest BCUT2D eigenvalue weighted by Gasteiger charge is -2.01. The second kappa shape index (κ2) is 2.45. The number of rotatable bonds is 0. The zero-order chi connectivity index (χ0) is 7.84. The first-order valence-electron chi connectivity index (χ1n) is 3.56. The maximum atomic E-state index is 4.19. The van der Waals surface area contributed by atoms with E-state index in [0.29, 0.717) is 0 Å². The summed E-state index contributed by atoms with van der Waals surface area (Å²) in [5.41, 5.74) is 3.87. The number of hydrogen-bond donors (Lipinski definition) is 0. The average molecular weight is 210 g/mol. The van der Waals surface area contributed by atoms with E-state index in [1.165, 1.54) is 21.2 Å². The number of halogens is 1. The Balaban J connectivity index is 2.63. The molecule has 0 bridgehead atoms. The maximum Gasteiger partial charge on any atom is 0.0646 e. The zero-order valence-corrected chi connectivity index (χ0v) is 7.85. The Morgan fingerprint density at radius 1 is 1.45 bits per heavy atom. The van der Waals surface area contributed by atoms with Gasteiger partial charge in [-0.2, -0.15) is 0 Å². The van der Waals surface area contributed by atoms with Crippen molar-refractivity contribution in [2.24, 2.45) is 4.99 Å². The summed E-state index contributed by atoms with van der Waals surface area (Å²) in [6.45, 7) is 2.94. The van der Waals surface area contributed by atoms with Crippen molar-refractivity contribution in [3.8, 4) is 0 Å². The van der Waals surface area contributed by atoms with Gasteiger partial charge in [0.1, 0.15) is 0 Å². The summed E-state index contributed by atoms with van der Waals surface area (Å²) in [7, 11) is 0. The van der Waals surface area contributed by atoms with Gasteiger partial charge in [0.2, 0.25) is 0 Å². The molecule has 0 atom stereocenters. The lowest BCUT2D eigenvalue weighted by Crippen LogP contribution is -1.86. The van der Waals surface area contributed by atoms with Crippen LogP contribution < -0.4 is 0 Å². The molecule has 0 radical (unpaired) electrons. The van der Waals surface area contributed by atoms with Gasteiger partial charge >= 0.3 is 0 Å². The highest BCUT2D eigenvalue weighted by Gasteiger charge is 2.07. The summed E-state index contributed by atoms with van der Waals surface area (Å²) in [6.07, 6.45) is 1.94. The van der Waals surface area contributed by atoms with E-state index in [4.69, 9.17) is 0 Å². The second-order valence-corrected chi connectivity index (χ2v) is 3.62. The van der Waals surface area contributed by atoms with E-state index in [1.54, 1.807) is 0 Å². The predicted octanol–water partition coefficient (Wildman–Crippen LogP) is 2.69. The minimum Gasteiger partial charge on any atom is -0.288 e. The van der Waals surface area contributed by atoms with Crippen molar-refractivity contribution >= 4 is 22.1 Å². The number of fused-ring (bicyclic) bond motifs is 1. The van der Waals surface area contributed by atoms with Gasteiger partial charge < -0.3 is 0 Å². The van der Waals surface area contributed by atoms with Crippen LogP contribution in [-0.4, -0.2) is 6.21 Å².